The number of hydrogen-bond donors (Lipinski definition) is 1. The Bertz CT molecular complexity index is 399. The molecule has 1 aliphatic carbocycles. The van der Waals surface area contributed by atoms with Crippen LogP contribution in [0.1, 0.15) is 32.6 Å². The van der Waals surface area contributed by atoms with Crippen LogP contribution >= 0.6 is 0 Å². The molecule has 0 radical (unpaired) electrons. The highest BCUT2D eigenvalue weighted by molar-refractivity contribution is 5.05. The molecule has 21 heavy (non-hydrogen) atoms. The van der Waals surface area contributed by atoms with Crippen LogP contribution in [0.5, 0.6) is 0 Å². The maximum Gasteiger partial charge on any atom is 0.197 e. The normalized spacial score (nSPS) is 49.5. The Morgan fingerprint density at radius 3 is 2.57 bits per heavy atom. The lowest BCUT2D eigenvalue weighted by Gasteiger charge is -2.50. The zero-order chi connectivity index (χ0) is 15.1. The first-order chi connectivity index (χ1) is 10.1. The smallest absolute Gasteiger partial charge is 0.197 e. The molecule has 0 aromatic carbocycles. The lowest BCUT2D eigenvalue weighted by molar-refractivity contribution is -0.971. The van der Waals surface area contributed by atoms with Gasteiger partial charge in [0.1, 0.15) is 12.1 Å². The fourth-order valence-corrected chi connectivity index (χ4v) is 5.08. The summed E-state index contributed by atoms with van der Waals surface area (Å²) in [5.41, 5.74) is 1.14. The molecule has 0 aromatic rings. The van der Waals surface area contributed by atoms with E-state index in [4.69, 9.17) is 14.2 Å². The van der Waals surface area contributed by atoms with Crippen LogP contribution in [0.4, 0.5) is 0 Å². The van der Waals surface area contributed by atoms with Crippen LogP contribution in [0.15, 0.2) is 12.2 Å². The van der Waals surface area contributed by atoms with E-state index in [-0.39, 0.29) is 12.3 Å². The van der Waals surface area contributed by atoms with Crippen molar-refractivity contribution in [1.82, 2.24) is 0 Å². The molecule has 0 aromatic heterocycles. The third-order valence-corrected chi connectivity index (χ3v) is 6.02. The van der Waals surface area contributed by atoms with Gasteiger partial charge in [0, 0.05) is 20.1 Å². The van der Waals surface area contributed by atoms with Gasteiger partial charge in [0.25, 0.3) is 0 Å². The van der Waals surface area contributed by atoms with Gasteiger partial charge in [-0.05, 0) is 26.2 Å². The largest absolute Gasteiger partial charge is 0.380 e. The van der Waals surface area contributed by atoms with Crippen LogP contribution in [0.2, 0.25) is 0 Å². The first-order valence-corrected chi connectivity index (χ1v) is 8.28. The fraction of sp³-hybridized carbons (Fsp3) is 0.882. The predicted octanol–water partition coefficient (Wildman–Crippen LogP) is 1.02. The number of ether oxygens (including phenoxy) is 3. The monoisotopic (exact) mass is 296 g/mol. The van der Waals surface area contributed by atoms with E-state index in [9.17, 15) is 0 Å². The topological polar surface area (TPSA) is 32.1 Å². The molecule has 3 fully saturated rings. The second-order valence-corrected chi connectivity index (χ2v) is 7.13. The number of quaternary nitrogens is 1. The minimum atomic E-state index is 0.189. The molecule has 120 valence electrons. The molecule has 3 rings (SSSR count). The maximum atomic E-state index is 6.34. The summed E-state index contributed by atoms with van der Waals surface area (Å²) in [7, 11) is 5.99. The summed E-state index contributed by atoms with van der Waals surface area (Å²) in [6, 6.07) is 0.485. The van der Waals surface area contributed by atoms with Crippen molar-refractivity contribution < 1.29 is 19.1 Å². The number of likely N-dealkylation sites (N-methyl/N-ethyl adjacent to an activating group) is 1. The summed E-state index contributed by atoms with van der Waals surface area (Å²) in [6.07, 6.45) is 5.74. The molecule has 2 aliphatic heterocycles. The number of piperidine rings is 1. The van der Waals surface area contributed by atoms with E-state index >= 15 is 0 Å². The molecule has 1 saturated carbocycles. The fourth-order valence-electron chi connectivity index (χ4n) is 5.08. The van der Waals surface area contributed by atoms with Gasteiger partial charge in [0.2, 0.25) is 0 Å². The predicted molar refractivity (Wildman–Crippen MR) is 81.2 cm³/mol. The molecule has 8 unspecified atom stereocenters. The van der Waals surface area contributed by atoms with Crippen LogP contribution in [0.3, 0.4) is 0 Å². The highest BCUT2D eigenvalue weighted by Crippen LogP contribution is 2.41. The molecular formula is C17H30NO3+. The van der Waals surface area contributed by atoms with Crippen molar-refractivity contribution in [3.05, 3.63) is 12.2 Å². The van der Waals surface area contributed by atoms with E-state index in [1.807, 2.05) is 14.2 Å². The van der Waals surface area contributed by atoms with Crippen LogP contribution in [-0.2, 0) is 14.2 Å². The lowest BCUT2D eigenvalue weighted by Crippen LogP contribution is -3.21. The summed E-state index contributed by atoms with van der Waals surface area (Å²) in [4.78, 5) is 1.48. The zero-order valence-corrected chi connectivity index (χ0v) is 13.8. The second kappa shape index (κ2) is 5.99. The van der Waals surface area contributed by atoms with Gasteiger partial charge < -0.3 is 19.1 Å². The number of hydrogen-bond acceptors (Lipinski definition) is 3. The molecule has 8 atom stereocenters. The Hall–Kier alpha value is -0.420. The van der Waals surface area contributed by atoms with Crippen molar-refractivity contribution in [2.75, 3.05) is 21.3 Å². The van der Waals surface area contributed by atoms with Crippen LogP contribution < -0.4 is 4.90 Å². The van der Waals surface area contributed by atoms with Crippen molar-refractivity contribution in [3.8, 4) is 0 Å². The van der Waals surface area contributed by atoms with Crippen molar-refractivity contribution in [1.29, 1.82) is 0 Å². The van der Waals surface area contributed by atoms with Gasteiger partial charge in [0.15, 0.2) is 6.23 Å². The second-order valence-electron chi connectivity index (χ2n) is 7.13. The standard InChI is InChI=1S/C17H29NO3/c1-10(2)14-9-12-16(20-5)11-7-6-8-13(19-4)15(11)18(3)17(12)21-14/h11-17H,1,6-9H2,2-5H3/p+1. The first-order valence-electron chi connectivity index (χ1n) is 8.28. The molecule has 3 aliphatic rings. The van der Waals surface area contributed by atoms with Crippen molar-refractivity contribution >= 4 is 0 Å². The lowest BCUT2D eigenvalue weighted by atomic mass is 9.70. The first kappa shape index (κ1) is 15.5. The van der Waals surface area contributed by atoms with Gasteiger partial charge in [-0.2, -0.15) is 0 Å². The molecule has 4 nitrogen and oxygen atoms in total. The van der Waals surface area contributed by atoms with Gasteiger partial charge in [-0.1, -0.05) is 18.6 Å². The number of nitrogens with one attached hydrogen (secondary N) is 1. The number of likely N-dealkylation sites (tertiary alicyclic amines) is 1. The van der Waals surface area contributed by atoms with Gasteiger partial charge >= 0.3 is 0 Å². The van der Waals surface area contributed by atoms with E-state index in [1.54, 1.807) is 0 Å². The minimum absolute atomic E-state index is 0.189. The summed E-state index contributed by atoms with van der Waals surface area (Å²) < 4.78 is 18.1. The van der Waals surface area contributed by atoms with E-state index in [0.717, 1.165) is 18.4 Å². The summed E-state index contributed by atoms with van der Waals surface area (Å²) in [5.74, 6) is 1.07. The molecule has 4 heteroatoms. The molecule has 0 spiro atoms. The van der Waals surface area contributed by atoms with Crippen molar-refractivity contribution in [3.63, 3.8) is 0 Å². The molecule has 1 N–H and O–H groups in total. The summed E-state index contributed by atoms with van der Waals surface area (Å²) in [6.45, 7) is 6.17. The summed E-state index contributed by atoms with van der Waals surface area (Å²) >= 11 is 0. The maximum absolute atomic E-state index is 6.34. The Kier molecular flexibility index (Phi) is 4.42. The van der Waals surface area contributed by atoms with E-state index in [1.165, 1.54) is 17.7 Å². The van der Waals surface area contributed by atoms with Gasteiger partial charge in [-0.3, -0.25) is 0 Å². The molecule has 2 heterocycles. The average Bonchev–Trinajstić information content (AvgIpc) is 2.92. The van der Waals surface area contributed by atoms with E-state index in [0.29, 0.717) is 30.1 Å². The van der Waals surface area contributed by atoms with Gasteiger partial charge in [-0.15, -0.1) is 0 Å². The number of fused-ring (bicyclic) bond motifs is 2. The van der Waals surface area contributed by atoms with Gasteiger partial charge in [-0.25, -0.2) is 0 Å². The van der Waals surface area contributed by atoms with E-state index < -0.39 is 0 Å². The van der Waals surface area contributed by atoms with Crippen molar-refractivity contribution in [2.24, 2.45) is 11.8 Å². The SMILES string of the molecule is C=C(C)C1CC2C(OC)C3CCCC(OC)C3[NH+](C)C2O1. The molecule has 0 amide bonds. The minimum Gasteiger partial charge on any atom is -0.380 e. The third-order valence-electron chi connectivity index (χ3n) is 6.02. The number of methoxy groups -OCH3 is 2. The molecule has 2 saturated heterocycles. The Labute approximate surface area is 128 Å². The average molecular weight is 296 g/mol. The summed E-state index contributed by atoms with van der Waals surface area (Å²) in [5, 5.41) is 0. The molecular weight excluding hydrogens is 266 g/mol. The Morgan fingerprint density at radius 1 is 1.19 bits per heavy atom. The Balaban J connectivity index is 1.89. The highest BCUT2D eigenvalue weighted by atomic mass is 16.5. The molecule has 0 bridgehead atoms. The zero-order valence-electron chi connectivity index (χ0n) is 13.8. The quantitative estimate of drug-likeness (QED) is 0.789. The van der Waals surface area contributed by atoms with Crippen LogP contribution in [0.25, 0.3) is 0 Å². The number of rotatable bonds is 3. The Morgan fingerprint density at radius 2 is 1.95 bits per heavy atom. The van der Waals surface area contributed by atoms with Gasteiger partial charge in [0.05, 0.1) is 25.2 Å². The van der Waals surface area contributed by atoms with Crippen LogP contribution in [-0.4, -0.2) is 51.8 Å². The van der Waals surface area contributed by atoms with Crippen LogP contribution in [0, 0.1) is 11.8 Å². The third kappa shape index (κ3) is 2.46. The van der Waals surface area contributed by atoms with Crippen molar-refractivity contribution in [2.45, 2.75) is 63.2 Å². The van der Waals surface area contributed by atoms with E-state index in [2.05, 4.69) is 20.6 Å². The highest BCUT2D eigenvalue weighted by Gasteiger charge is 2.58.